The zero-order chi connectivity index (χ0) is 52.9. The van der Waals surface area contributed by atoms with E-state index in [-0.39, 0.29) is 18.5 Å². The monoisotopic (exact) mass is 1020 g/mol. The molecule has 73 heavy (non-hydrogen) atoms. The molecule has 2 atom stereocenters. The van der Waals surface area contributed by atoms with E-state index in [4.69, 9.17) is 4.74 Å². The summed E-state index contributed by atoms with van der Waals surface area (Å²) < 4.78 is 5.46. The lowest BCUT2D eigenvalue weighted by atomic mass is 10.0. The SMILES string of the molecule is CCCCCCCCC/C=C\CCCCCCCCCC(=O)OCCCCC/C=C\C=C/CCCCCCCCC(=O)NC(CO)C(O)/C=C/CCCCCCCCCCCCCCCCCCCCCCC. The highest BCUT2D eigenvalue weighted by molar-refractivity contribution is 5.76. The molecule has 0 radical (unpaired) electrons. The molecule has 0 aliphatic carbocycles. The number of aliphatic hydroxyl groups excluding tert-OH is 2. The molecule has 6 nitrogen and oxygen atoms in total. The van der Waals surface area contributed by atoms with Gasteiger partial charge < -0.3 is 20.3 Å². The number of unbranched alkanes of at least 4 members (excludes halogenated alkanes) is 44. The van der Waals surface area contributed by atoms with E-state index in [9.17, 15) is 19.8 Å². The number of hydrogen-bond acceptors (Lipinski definition) is 5. The van der Waals surface area contributed by atoms with Crippen LogP contribution in [0.4, 0.5) is 0 Å². The highest BCUT2D eigenvalue weighted by Gasteiger charge is 2.18. The summed E-state index contributed by atoms with van der Waals surface area (Å²) in [6.07, 6.45) is 80.1. The molecule has 0 aliphatic rings. The Hall–Kier alpha value is -2.18. The van der Waals surface area contributed by atoms with Crippen molar-refractivity contribution < 1.29 is 24.5 Å². The Morgan fingerprint density at radius 1 is 0.384 bits per heavy atom. The second-order valence-electron chi connectivity index (χ2n) is 22.1. The molecule has 0 rings (SSSR count). The van der Waals surface area contributed by atoms with Gasteiger partial charge in [0, 0.05) is 12.8 Å². The van der Waals surface area contributed by atoms with Gasteiger partial charge in [0.1, 0.15) is 0 Å². The van der Waals surface area contributed by atoms with Crippen LogP contribution in [0.25, 0.3) is 0 Å². The number of aliphatic hydroxyl groups is 2. The maximum Gasteiger partial charge on any atom is 0.305 e. The van der Waals surface area contributed by atoms with Gasteiger partial charge in [0.2, 0.25) is 5.91 Å². The van der Waals surface area contributed by atoms with Crippen LogP contribution < -0.4 is 5.32 Å². The molecule has 428 valence electrons. The summed E-state index contributed by atoms with van der Waals surface area (Å²) in [5.74, 6) is -0.114. The first-order valence-electron chi connectivity index (χ1n) is 32.4. The number of nitrogens with one attached hydrogen (secondary N) is 1. The first kappa shape index (κ1) is 70.8. The summed E-state index contributed by atoms with van der Waals surface area (Å²) in [4.78, 5) is 24.6. The lowest BCUT2D eigenvalue weighted by Gasteiger charge is -2.20. The Bertz CT molecular complexity index is 1230. The zero-order valence-corrected chi connectivity index (χ0v) is 48.9. The van der Waals surface area contributed by atoms with E-state index in [1.807, 2.05) is 6.08 Å². The Kier molecular flexibility index (Phi) is 60.5. The van der Waals surface area contributed by atoms with Gasteiger partial charge in [0.05, 0.1) is 25.4 Å². The highest BCUT2D eigenvalue weighted by atomic mass is 16.5. The number of esters is 1. The smallest absolute Gasteiger partial charge is 0.305 e. The summed E-state index contributed by atoms with van der Waals surface area (Å²) in [6.45, 7) is 4.86. The van der Waals surface area contributed by atoms with Crippen LogP contribution >= 0.6 is 0 Å². The van der Waals surface area contributed by atoms with Crippen molar-refractivity contribution in [3.63, 3.8) is 0 Å². The maximum atomic E-state index is 12.5. The molecule has 6 heteroatoms. The Morgan fingerprint density at radius 3 is 1.05 bits per heavy atom. The van der Waals surface area contributed by atoms with Crippen molar-refractivity contribution >= 4 is 11.9 Å². The van der Waals surface area contributed by atoms with Crippen LogP contribution in [-0.4, -0.2) is 47.4 Å². The van der Waals surface area contributed by atoms with Gasteiger partial charge in [-0.15, -0.1) is 0 Å². The Balaban J connectivity index is 3.53. The van der Waals surface area contributed by atoms with Crippen LogP contribution in [0.15, 0.2) is 48.6 Å². The Labute approximate surface area is 455 Å². The van der Waals surface area contributed by atoms with Crippen molar-refractivity contribution in [1.29, 1.82) is 0 Å². The standard InChI is InChI=1S/C67H125NO5/c1-3-5-7-9-11-13-15-17-19-21-23-24-25-26-27-28-31-35-39-43-47-51-55-59-65(70)64(63-69)68-66(71)60-56-52-48-44-40-36-32-30-34-38-42-46-50-54-58-62-73-67(72)61-57-53-49-45-41-37-33-29-22-20-18-16-14-12-10-8-6-4-2/h20,22,30,34,38,42,55,59,64-65,69-70H,3-19,21,23-29,31-33,35-37,39-41,43-54,56-58,60-63H2,1-2H3,(H,68,71)/b22-20-,34-30-,42-38-,59-55+. The molecule has 0 bridgehead atoms. The number of carbonyl (C=O) groups is 2. The summed E-state index contributed by atoms with van der Waals surface area (Å²) in [7, 11) is 0. The molecule has 0 aromatic heterocycles. The van der Waals surface area contributed by atoms with E-state index < -0.39 is 12.1 Å². The molecule has 0 saturated carbocycles. The van der Waals surface area contributed by atoms with E-state index >= 15 is 0 Å². The predicted octanol–water partition coefficient (Wildman–Crippen LogP) is 20.5. The van der Waals surface area contributed by atoms with Gasteiger partial charge in [0.15, 0.2) is 0 Å². The first-order valence-corrected chi connectivity index (χ1v) is 32.4. The number of ether oxygens (including phenoxy) is 1. The number of allylic oxidation sites excluding steroid dienone is 7. The Morgan fingerprint density at radius 2 is 0.685 bits per heavy atom. The average Bonchev–Trinajstić information content (AvgIpc) is 3.39. The molecule has 0 aliphatic heterocycles. The zero-order valence-electron chi connectivity index (χ0n) is 48.9. The maximum absolute atomic E-state index is 12.5. The van der Waals surface area contributed by atoms with Crippen molar-refractivity contribution in [2.24, 2.45) is 0 Å². The van der Waals surface area contributed by atoms with Crippen molar-refractivity contribution in [1.82, 2.24) is 5.32 Å². The van der Waals surface area contributed by atoms with Crippen molar-refractivity contribution in [2.45, 2.75) is 353 Å². The molecule has 0 fully saturated rings. The lowest BCUT2D eigenvalue weighted by Crippen LogP contribution is -2.45. The predicted molar refractivity (Wildman–Crippen MR) is 319 cm³/mol. The van der Waals surface area contributed by atoms with Gasteiger partial charge >= 0.3 is 5.97 Å². The lowest BCUT2D eigenvalue weighted by molar-refractivity contribution is -0.143. The topological polar surface area (TPSA) is 95.9 Å². The molecule has 0 saturated heterocycles. The average molecular weight is 1020 g/mol. The molecule has 2 unspecified atom stereocenters. The van der Waals surface area contributed by atoms with Crippen LogP contribution in [0.1, 0.15) is 341 Å². The molecular weight excluding hydrogens is 899 g/mol. The van der Waals surface area contributed by atoms with Gasteiger partial charge in [-0.05, 0) is 89.9 Å². The molecule has 3 N–H and O–H groups in total. The molecule has 0 aromatic carbocycles. The highest BCUT2D eigenvalue weighted by Crippen LogP contribution is 2.17. The van der Waals surface area contributed by atoms with Crippen molar-refractivity contribution in [2.75, 3.05) is 13.2 Å². The number of rotatable bonds is 60. The van der Waals surface area contributed by atoms with Gasteiger partial charge in [-0.1, -0.05) is 287 Å². The minimum absolute atomic E-state index is 0.0255. The van der Waals surface area contributed by atoms with Gasteiger partial charge in [-0.3, -0.25) is 9.59 Å². The first-order chi connectivity index (χ1) is 36.0. The van der Waals surface area contributed by atoms with E-state index in [1.165, 1.54) is 238 Å². The summed E-state index contributed by atoms with van der Waals surface area (Å²) in [5.41, 5.74) is 0. The second-order valence-corrected chi connectivity index (χ2v) is 22.1. The third kappa shape index (κ3) is 58.9. The van der Waals surface area contributed by atoms with Gasteiger partial charge in [0.25, 0.3) is 0 Å². The van der Waals surface area contributed by atoms with Crippen LogP contribution in [-0.2, 0) is 14.3 Å². The summed E-state index contributed by atoms with van der Waals surface area (Å²) >= 11 is 0. The van der Waals surface area contributed by atoms with E-state index in [2.05, 4.69) is 55.6 Å². The summed E-state index contributed by atoms with van der Waals surface area (Å²) in [5, 5.41) is 23.2. The molecule has 0 spiro atoms. The van der Waals surface area contributed by atoms with Gasteiger partial charge in [-0.25, -0.2) is 0 Å². The third-order valence-electron chi connectivity index (χ3n) is 14.8. The molecule has 0 aromatic rings. The quantitative estimate of drug-likeness (QED) is 0.0244. The van der Waals surface area contributed by atoms with Crippen LogP contribution in [0.5, 0.6) is 0 Å². The third-order valence-corrected chi connectivity index (χ3v) is 14.8. The molecule has 1 amide bonds. The molecule has 0 heterocycles. The van der Waals surface area contributed by atoms with Gasteiger partial charge in [-0.2, -0.15) is 0 Å². The van der Waals surface area contributed by atoms with Crippen LogP contribution in [0.2, 0.25) is 0 Å². The normalized spacial score (nSPS) is 12.9. The fraction of sp³-hybridized carbons (Fsp3) is 0.851. The fourth-order valence-corrected chi connectivity index (χ4v) is 9.86. The number of amides is 1. The van der Waals surface area contributed by atoms with Crippen LogP contribution in [0.3, 0.4) is 0 Å². The van der Waals surface area contributed by atoms with E-state index in [1.54, 1.807) is 6.08 Å². The minimum Gasteiger partial charge on any atom is -0.466 e. The minimum atomic E-state index is -0.861. The van der Waals surface area contributed by atoms with E-state index in [0.717, 1.165) is 77.0 Å². The van der Waals surface area contributed by atoms with Crippen molar-refractivity contribution in [3.8, 4) is 0 Å². The largest absolute Gasteiger partial charge is 0.466 e. The van der Waals surface area contributed by atoms with E-state index in [0.29, 0.717) is 19.4 Å². The van der Waals surface area contributed by atoms with Crippen LogP contribution in [0, 0.1) is 0 Å². The molecular formula is C67H125NO5. The van der Waals surface area contributed by atoms with Crippen molar-refractivity contribution in [3.05, 3.63) is 48.6 Å². The second kappa shape index (κ2) is 62.4. The number of hydrogen-bond donors (Lipinski definition) is 3. The fourth-order valence-electron chi connectivity index (χ4n) is 9.86. The summed E-state index contributed by atoms with van der Waals surface area (Å²) in [6, 6.07) is -0.647. The number of carbonyl (C=O) groups excluding carboxylic acids is 2.